The summed E-state index contributed by atoms with van der Waals surface area (Å²) in [5.41, 5.74) is 12.0. The first-order chi connectivity index (χ1) is 27.2. The number of hydrogen-bond donors (Lipinski definition) is 0. The average molecular weight is 720 g/mol. The van der Waals surface area contributed by atoms with Gasteiger partial charge in [0.25, 0.3) is 0 Å². The Morgan fingerprint density at radius 2 is 0.964 bits per heavy atom. The van der Waals surface area contributed by atoms with E-state index in [-0.39, 0.29) is 0 Å². The van der Waals surface area contributed by atoms with Gasteiger partial charge in [0.2, 0.25) is 0 Å². The molecule has 2 nitrogen and oxygen atoms in total. The van der Waals surface area contributed by atoms with Crippen molar-refractivity contribution in [1.82, 2.24) is 0 Å². The van der Waals surface area contributed by atoms with Gasteiger partial charge in [-0.25, -0.2) is 0 Å². The minimum Gasteiger partial charge on any atom is -0.456 e. The topological polar surface area (TPSA) is 16.4 Å². The van der Waals surface area contributed by atoms with E-state index < -0.39 is 0 Å². The number of thiophene rings is 1. The molecular formula is C52H33NOS. The first-order valence-corrected chi connectivity index (χ1v) is 19.5. The summed E-state index contributed by atoms with van der Waals surface area (Å²) in [6, 6.07) is 72.4. The fourth-order valence-electron chi connectivity index (χ4n) is 8.21. The molecule has 0 aliphatic carbocycles. The molecule has 0 N–H and O–H groups in total. The normalized spacial score (nSPS) is 11.6. The highest BCUT2D eigenvalue weighted by Crippen LogP contribution is 2.46. The van der Waals surface area contributed by atoms with Crippen molar-refractivity contribution < 1.29 is 4.42 Å². The van der Waals surface area contributed by atoms with E-state index in [0.717, 1.165) is 55.7 Å². The van der Waals surface area contributed by atoms with E-state index >= 15 is 0 Å². The fourth-order valence-corrected chi connectivity index (χ4v) is 9.30. The molecule has 0 aliphatic rings. The van der Waals surface area contributed by atoms with Crippen LogP contribution in [0.4, 0.5) is 17.1 Å². The molecule has 9 aromatic carbocycles. The molecule has 0 unspecified atom stereocenters. The van der Waals surface area contributed by atoms with Crippen LogP contribution in [0.5, 0.6) is 0 Å². The molecule has 2 heterocycles. The van der Waals surface area contributed by atoms with Crippen molar-refractivity contribution >= 4 is 81.3 Å². The van der Waals surface area contributed by atoms with Crippen LogP contribution in [0.1, 0.15) is 0 Å². The molecule has 0 saturated carbocycles. The number of hydrogen-bond acceptors (Lipinski definition) is 3. The monoisotopic (exact) mass is 719 g/mol. The van der Waals surface area contributed by atoms with E-state index in [4.69, 9.17) is 4.42 Å². The molecule has 3 heteroatoms. The van der Waals surface area contributed by atoms with Gasteiger partial charge < -0.3 is 9.32 Å². The van der Waals surface area contributed by atoms with Crippen LogP contribution in [0.2, 0.25) is 0 Å². The SMILES string of the molecule is c1cc(-c2ccc3sc4ccccc4c3c2)cc(N(c2ccccc2-c2ccc3ccccc3c2)c2ccccc2-c2ccc3c(c2)oc2ccccc23)c1. The van der Waals surface area contributed by atoms with Crippen molar-refractivity contribution in [3.05, 3.63) is 200 Å². The average Bonchev–Trinajstić information content (AvgIpc) is 3.82. The van der Waals surface area contributed by atoms with Crippen molar-refractivity contribution in [1.29, 1.82) is 0 Å². The van der Waals surface area contributed by atoms with E-state index in [0.29, 0.717) is 0 Å². The maximum Gasteiger partial charge on any atom is 0.136 e. The van der Waals surface area contributed by atoms with Crippen molar-refractivity contribution in [3.63, 3.8) is 0 Å². The lowest BCUT2D eigenvalue weighted by atomic mass is 9.96. The molecule has 55 heavy (non-hydrogen) atoms. The molecule has 0 atom stereocenters. The van der Waals surface area contributed by atoms with Gasteiger partial charge in [-0.2, -0.15) is 0 Å². The van der Waals surface area contributed by atoms with Crippen molar-refractivity contribution in [2.75, 3.05) is 4.90 Å². The Bertz CT molecular complexity index is 3240. The van der Waals surface area contributed by atoms with Gasteiger partial charge in [-0.05, 0) is 99.8 Å². The Labute approximate surface area is 322 Å². The standard InChI is InChI=1S/C52H33NOS/c1-2-13-35-30-38(25-24-34(35)12-1)41-16-3-7-20-47(41)53(40-15-11-14-36(31-40)37-27-29-52-46(32-37)45-19-6-10-23-51(45)55-52)48-21-8-4-17-42(48)39-26-28-44-43-18-5-9-22-49(43)54-50(44)33-39/h1-33H. The van der Waals surface area contributed by atoms with Crippen molar-refractivity contribution in [2.24, 2.45) is 0 Å². The van der Waals surface area contributed by atoms with Gasteiger partial charge in [0.15, 0.2) is 0 Å². The minimum atomic E-state index is 0.884. The summed E-state index contributed by atoms with van der Waals surface area (Å²) in [6.07, 6.45) is 0. The van der Waals surface area contributed by atoms with Crippen LogP contribution in [-0.2, 0) is 0 Å². The maximum absolute atomic E-state index is 6.40. The zero-order valence-corrected chi connectivity index (χ0v) is 30.6. The third-order valence-electron chi connectivity index (χ3n) is 10.9. The molecule has 0 aliphatic heterocycles. The lowest BCUT2D eigenvalue weighted by Crippen LogP contribution is -2.12. The third-order valence-corrected chi connectivity index (χ3v) is 12.0. The summed E-state index contributed by atoms with van der Waals surface area (Å²) in [6.45, 7) is 0. The number of fused-ring (bicyclic) bond motifs is 7. The van der Waals surface area contributed by atoms with Crippen LogP contribution >= 0.6 is 11.3 Å². The lowest BCUT2D eigenvalue weighted by molar-refractivity contribution is 0.669. The number of furan rings is 1. The van der Waals surface area contributed by atoms with E-state index in [9.17, 15) is 0 Å². The molecule has 0 saturated heterocycles. The highest BCUT2D eigenvalue weighted by Gasteiger charge is 2.22. The Morgan fingerprint density at radius 3 is 1.82 bits per heavy atom. The van der Waals surface area contributed by atoms with E-state index in [1.165, 1.54) is 47.6 Å². The number of para-hydroxylation sites is 3. The van der Waals surface area contributed by atoms with Gasteiger partial charge in [0, 0.05) is 47.8 Å². The number of anilines is 3. The highest BCUT2D eigenvalue weighted by molar-refractivity contribution is 7.25. The molecule has 0 amide bonds. The summed E-state index contributed by atoms with van der Waals surface area (Å²) >= 11 is 1.85. The van der Waals surface area contributed by atoms with Gasteiger partial charge in [-0.1, -0.05) is 133 Å². The Hall–Kier alpha value is -6.94. The maximum atomic E-state index is 6.40. The number of benzene rings is 9. The number of nitrogens with zero attached hydrogens (tertiary/aromatic N) is 1. The van der Waals surface area contributed by atoms with Crippen LogP contribution in [0.15, 0.2) is 205 Å². The smallest absolute Gasteiger partial charge is 0.136 e. The first-order valence-electron chi connectivity index (χ1n) is 18.7. The highest BCUT2D eigenvalue weighted by atomic mass is 32.1. The molecule has 258 valence electrons. The minimum absolute atomic E-state index is 0.884. The van der Waals surface area contributed by atoms with Gasteiger partial charge in [-0.15, -0.1) is 11.3 Å². The molecule has 0 radical (unpaired) electrons. The summed E-state index contributed by atoms with van der Waals surface area (Å²) in [5.74, 6) is 0. The molecule has 11 aromatic rings. The quantitative estimate of drug-likeness (QED) is 0.170. The second-order valence-corrected chi connectivity index (χ2v) is 15.2. The van der Waals surface area contributed by atoms with Crippen LogP contribution in [0.25, 0.3) is 86.3 Å². The molecule has 0 spiro atoms. The Balaban J connectivity index is 1.12. The summed E-state index contributed by atoms with van der Waals surface area (Å²) in [4.78, 5) is 2.44. The number of rotatable bonds is 6. The molecule has 2 aromatic heterocycles. The van der Waals surface area contributed by atoms with Gasteiger partial charge in [0.1, 0.15) is 11.2 Å². The predicted molar refractivity (Wildman–Crippen MR) is 235 cm³/mol. The Kier molecular flexibility index (Phi) is 7.39. The van der Waals surface area contributed by atoms with Gasteiger partial charge in [0.05, 0.1) is 11.4 Å². The predicted octanol–water partition coefficient (Wildman–Crippen LogP) is 15.6. The summed E-state index contributed by atoms with van der Waals surface area (Å²) in [5, 5.41) is 7.32. The summed E-state index contributed by atoms with van der Waals surface area (Å²) in [7, 11) is 0. The second kappa shape index (κ2) is 12.9. The van der Waals surface area contributed by atoms with E-state index in [2.05, 4.69) is 193 Å². The van der Waals surface area contributed by atoms with Gasteiger partial charge in [-0.3, -0.25) is 0 Å². The zero-order valence-electron chi connectivity index (χ0n) is 29.8. The lowest BCUT2D eigenvalue weighted by Gasteiger charge is -2.30. The fraction of sp³-hybridized carbons (Fsp3) is 0. The second-order valence-electron chi connectivity index (χ2n) is 14.1. The van der Waals surface area contributed by atoms with E-state index in [1.54, 1.807) is 0 Å². The van der Waals surface area contributed by atoms with E-state index in [1.807, 2.05) is 23.5 Å². The van der Waals surface area contributed by atoms with Crippen molar-refractivity contribution in [2.45, 2.75) is 0 Å². The molecular weight excluding hydrogens is 687 g/mol. The largest absolute Gasteiger partial charge is 0.456 e. The van der Waals surface area contributed by atoms with Crippen molar-refractivity contribution in [3.8, 4) is 33.4 Å². The molecule has 0 fully saturated rings. The van der Waals surface area contributed by atoms with Gasteiger partial charge >= 0.3 is 0 Å². The van der Waals surface area contributed by atoms with Crippen LogP contribution in [0, 0.1) is 0 Å². The van der Waals surface area contributed by atoms with Crippen LogP contribution in [-0.4, -0.2) is 0 Å². The van der Waals surface area contributed by atoms with Crippen LogP contribution < -0.4 is 4.90 Å². The summed E-state index contributed by atoms with van der Waals surface area (Å²) < 4.78 is 9.02. The Morgan fingerprint density at radius 1 is 0.345 bits per heavy atom. The molecule has 0 bridgehead atoms. The van der Waals surface area contributed by atoms with Crippen LogP contribution in [0.3, 0.4) is 0 Å². The third kappa shape index (κ3) is 5.40. The molecule has 11 rings (SSSR count). The zero-order chi connectivity index (χ0) is 36.3. The first kappa shape index (κ1) is 31.6.